The van der Waals surface area contributed by atoms with Crippen LogP contribution in [0.3, 0.4) is 0 Å². The standard InChI is InChI=1S/C16H18N4/c1-16(2,3)12-6-4-5-7-13(12)20-15-11-8-9-17-14(11)18-10-19-15/h4-10H,1-3H3,(H2,17,18,19,20). The van der Waals surface area contributed by atoms with E-state index in [-0.39, 0.29) is 5.41 Å². The summed E-state index contributed by atoms with van der Waals surface area (Å²) in [6.07, 6.45) is 3.45. The van der Waals surface area contributed by atoms with Crippen LogP contribution in [0.5, 0.6) is 0 Å². The van der Waals surface area contributed by atoms with Crippen LogP contribution in [0.15, 0.2) is 42.9 Å². The largest absolute Gasteiger partial charge is 0.346 e. The van der Waals surface area contributed by atoms with Gasteiger partial charge in [0.15, 0.2) is 0 Å². The van der Waals surface area contributed by atoms with E-state index in [1.165, 1.54) is 5.56 Å². The van der Waals surface area contributed by atoms with E-state index in [0.717, 1.165) is 22.5 Å². The van der Waals surface area contributed by atoms with Crippen LogP contribution in [0.25, 0.3) is 11.0 Å². The van der Waals surface area contributed by atoms with E-state index in [9.17, 15) is 0 Å². The van der Waals surface area contributed by atoms with Crippen molar-refractivity contribution in [1.29, 1.82) is 0 Å². The lowest BCUT2D eigenvalue weighted by Crippen LogP contribution is -2.13. The second-order valence-corrected chi connectivity index (χ2v) is 5.88. The molecule has 0 radical (unpaired) electrons. The Hall–Kier alpha value is -2.36. The van der Waals surface area contributed by atoms with Gasteiger partial charge in [0.05, 0.1) is 5.39 Å². The fourth-order valence-electron chi connectivity index (χ4n) is 2.35. The van der Waals surface area contributed by atoms with Gasteiger partial charge in [-0.05, 0) is 23.1 Å². The van der Waals surface area contributed by atoms with E-state index < -0.39 is 0 Å². The third-order valence-electron chi connectivity index (χ3n) is 3.34. The predicted octanol–water partition coefficient (Wildman–Crippen LogP) is 4.00. The number of H-pyrrole nitrogens is 1. The number of para-hydroxylation sites is 1. The number of anilines is 2. The first-order valence-corrected chi connectivity index (χ1v) is 6.70. The Morgan fingerprint density at radius 2 is 1.85 bits per heavy atom. The highest BCUT2D eigenvalue weighted by Gasteiger charge is 2.18. The van der Waals surface area contributed by atoms with Crippen molar-refractivity contribution in [2.45, 2.75) is 26.2 Å². The molecule has 0 spiro atoms. The van der Waals surface area contributed by atoms with Crippen LogP contribution in [-0.2, 0) is 5.41 Å². The molecular weight excluding hydrogens is 248 g/mol. The summed E-state index contributed by atoms with van der Waals surface area (Å²) >= 11 is 0. The van der Waals surface area contributed by atoms with Gasteiger partial charge in [0, 0.05) is 11.9 Å². The summed E-state index contributed by atoms with van der Waals surface area (Å²) in [5.74, 6) is 0.827. The smallest absolute Gasteiger partial charge is 0.143 e. The number of fused-ring (bicyclic) bond motifs is 1. The molecule has 1 aromatic carbocycles. The van der Waals surface area contributed by atoms with Crippen LogP contribution in [0, 0.1) is 0 Å². The lowest BCUT2D eigenvalue weighted by Gasteiger charge is -2.23. The number of nitrogens with zero attached hydrogens (tertiary/aromatic N) is 2. The molecule has 0 amide bonds. The molecule has 3 rings (SSSR count). The molecule has 0 unspecified atom stereocenters. The van der Waals surface area contributed by atoms with Gasteiger partial charge in [-0.15, -0.1) is 0 Å². The van der Waals surface area contributed by atoms with E-state index >= 15 is 0 Å². The minimum atomic E-state index is 0.0773. The van der Waals surface area contributed by atoms with Crippen molar-refractivity contribution in [1.82, 2.24) is 15.0 Å². The summed E-state index contributed by atoms with van der Waals surface area (Å²) < 4.78 is 0. The molecule has 3 aromatic rings. The van der Waals surface area contributed by atoms with Crippen molar-refractivity contribution in [2.75, 3.05) is 5.32 Å². The summed E-state index contributed by atoms with van der Waals surface area (Å²) in [5.41, 5.74) is 3.27. The molecule has 2 aromatic heterocycles. The van der Waals surface area contributed by atoms with Gasteiger partial charge in [-0.3, -0.25) is 0 Å². The fourth-order valence-corrected chi connectivity index (χ4v) is 2.35. The molecule has 0 fully saturated rings. The molecule has 0 atom stereocenters. The highest BCUT2D eigenvalue weighted by Crippen LogP contribution is 2.32. The van der Waals surface area contributed by atoms with E-state index in [1.54, 1.807) is 6.33 Å². The Morgan fingerprint density at radius 3 is 2.65 bits per heavy atom. The maximum Gasteiger partial charge on any atom is 0.143 e. The number of rotatable bonds is 2. The third kappa shape index (κ3) is 2.25. The maximum atomic E-state index is 4.36. The third-order valence-corrected chi connectivity index (χ3v) is 3.34. The van der Waals surface area contributed by atoms with Crippen LogP contribution >= 0.6 is 0 Å². The van der Waals surface area contributed by atoms with E-state index in [0.29, 0.717) is 0 Å². The molecule has 20 heavy (non-hydrogen) atoms. The van der Waals surface area contributed by atoms with E-state index in [1.807, 2.05) is 18.3 Å². The van der Waals surface area contributed by atoms with Gasteiger partial charge in [-0.25, -0.2) is 9.97 Å². The summed E-state index contributed by atoms with van der Waals surface area (Å²) in [5, 5.41) is 4.43. The minimum absolute atomic E-state index is 0.0773. The molecule has 0 saturated heterocycles. The van der Waals surface area contributed by atoms with Crippen molar-refractivity contribution >= 4 is 22.5 Å². The second kappa shape index (κ2) is 4.63. The zero-order valence-corrected chi connectivity index (χ0v) is 11.9. The first-order chi connectivity index (χ1) is 9.55. The molecule has 2 heterocycles. The number of hydrogen-bond acceptors (Lipinski definition) is 3. The lowest BCUT2D eigenvalue weighted by atomic mass is 9.86. The van der Waals surface area contributed by atoms with Crippen LogP contribution in [-0.4, -0.2) is 15.0 Å². The molecule has 0 aliphatic carbocycles. The zero-order valence-electron chi connectivity index (χ0n) is 11.9. The topological polar surface area (TPSA) is 53.6 Å². The van der Waals surface area contributed by atoms with Crippen molar-refractivity contribution in [3.8, 4) is 0 Å². The Labute approximate surface area is 118 Å². The van der Waals surface area contributed by atoms with Crippen molar-refractivity contribution in [2.24, 2.45) is 0 Å². The number of nitrogens with one attached hydrogen (secondary N) is 2. The second-order valence-electron chi connectivity index (χ2n) is 5.88. The van der Waals surface area contributed by atoms with Gasteiger partial charge in [-0.2, -0.15) is 0 Å². The Kier molecular flexibility index (Phi) is 2.93. The monoisotopic (exact) mass is 266 g/mol. The number of hydrogen-bond donors (Lipinski definition) is 2. The van der Waals surface area contributed by atoms with Crippen LogP contribution in [0.1, 0.15) is 26.3 Å². The summed E-state index contributed by atoms with van der Waals surface area (Å²) in [6.45, 7) is 6.62. The number of aromatic nitrogens is 3. The number of aromatic amines is 1. The van der Waals surface area contributed by atoms with Crippen molar-refractivity contribution in [3.63, 3.8) is 0 Å². The average Bonchev–Trinajstić information content (AvgIpc) is 2.87. The van der Waals surface area contributed by atoms with Crippen LogP contribution in [0.4, 0.5) is 11.5 Å². The first kappa shape index (κ1) is 12.7. The zero-order chi connectivity index (χ0) is 14.2. The lowest BCUT2D eigenvalue weighted by molar-refractivity contribution is 0.592. The Bertz CT molecular complexity index is 737. The van der Waals surface area contributed by atoms with Gasteiger partial charge in [0.1, 0.15) is 17.8 Å². The minimum Gasteiger partial charge on any atom is -0.346 e. The van der Waals surface area contributed by atoms with Gasteiger partial charge < -0.3 is 10.3 Å². The summed E-state index contributed by atoms with van der Waals surface area (Å²) in [4.78, 5) is 11.7. The Morgan fingerprint density at radius 1 is 1.05 bits per heavy atom. The summed E-state index contributed by atoms with van der Waals surface area (Å²) in [7, 11) is 0. The fraction of sp³-hybridized carbons (Fsp3) is 0.250. The molecule has 0 aliphatic heterocycles. The molecule has 4 nitrogen and oxygen atoms in total. The van der Waals surface area contributed by atoms with Gasteiger partial charge in [-0.1, -0.05) is 39.0 Å². The molecule has 0 bridgehead atoms. The molecule has 0 saturated carbocycles. The average molecular weight is 266 g/mol. The molecule has 2 N–H and O–H groups in total. The first-order valence-electron chi connectivity index (χ1n) is 6.70. The van der Waals surface area contributed by atoms with Crippen LogP contribution in [0.2, 0.25) is 0 Å². The SMILES string of the molecule is CC(C)(C)c1ccccc1Nc1ncnc2[nH]ccc12. The molecule has 4 heteroatoms. The van der Waals surface area contributed by atoms with Gasteiger partial charge >= 0.3 is 0 Å². The van der Waals surface area contributed by atoms with Gasteiger partial charge in [0.25, 0.3) is 0 Å². The predicted molar refractivity (Wildman–Crippen MR) is 82.3 cm³/mol. The quantitative estimate of drug-likeness (QED) is 0.737. The van der Waals surface area contributed by atoms with Crippen molar-refractivity contribution < 1.29 is 0 Å². The maximum absolute atomic E-state index is 4.36. The normalized spacial score (nSPS) is 11.8. The van der Waals surface area contributed by atoms with E-state index in [4.69, 9.17) is 0 Å². The number of benzene rings is 1. The highest BCUT2D eigenvalue weighted by atomic mass is 15.0. The van der Waals surface area contributed by atoms with Crippen molar-refractivity contribution in [3.05, 3.63) is 48.4 Å². The molecular formula is C16H18N4. The molecule has 0 aliphatic rings. The van der Waals surface area contributed by atoms with Gasteiger partial charge in [0.2, 0.25) is 0 Å². The highest BCUT2D eigenvalue weighted by molar-refractivity contribution is 5.89. The van der Waals surface area contributed by atoms with E-state index in [2.05, 4.69) is 59.2 Å². The Balaban J connectivity index is 2.06. The molecule has 102 valence electrons. The van der Waals surface area contributed by atoms with Crippen LogP contribution < -0.4 is 5.32 Å². The summed E-state index contributed by atoms with van der Waals surface area (Å²) in [6, 6.07) is 10.3.